The van der Waals surface area contributed by atoms with Crippen LogP contribution in [-0.4, -0.2) is 10.2 Å². The van der Waals surface area contributed by atoms with Crippen molar-refractivity contribution in [3.63, 3.8) is 0 Å². The summed E-state index contributed by atoms with van der Waals surface area (Å²) in [7, 11) is 0. The van der Waals surface area contributed by atoms with Crippen molar-refractivity contribution in [2.45, 2.75) is 39.0 Å². The van der Waals surface area contributed by atoms with Crippen molar-refractivity contribution in [3.8, 4) is 11.5 Å². The van der Waals surface area contributed by atoms with Crippen molar-refractivity contribution in [2.75, 3.05) is 0 Å². The molecule has 0 amide bonds. The van der Waals surface area contributed by atoms with Gasteiger partial charge >= 0.3 is 0 Å². The van der Waals surface area contributed by atoms with Crippen LogP contribution in [0.3, 0.4) is 0 Å². The van der Waals surface area contributed by atoms with Crippen LogP contribution in [-0.2, 0) is 6.42 Å². The zero-order valence-corrected chi connectivity index (χ0v) is 13.1. The molecule has 2 N–H and O–H groups in total. The number of phenolic OH excluding ortho intramolecular Hbond substituents is 2. The molecule has 2 aromatic carbocycles. The molecular formula is C20H22O2. The average molecular weight is 294 g/mol. The van der Waals surface area contributed by atoms with Crippen LogP contribution < -0.4 is 0 Å². The number of phenols is 2. The van der Waals surface area contributed by atoms with Gasteiger partial charge in [0.2, 0.25) is 0 Å². The minimum atomic E-state index is 0.162. The van der Waals surface area contributed by atoms with E-state index >= 15 is 0 Å². The lowest BCUT2D eigenvalue weighted by molar-refractivity contribution is 0.453. The zero-order chi connectivity index (χ0) is 15.7. The number of aromatic hydroxyl groups is 2. The van der Waals surface area contributed by atoms with E-state index in [0.717, 1.165) is 34.7 Å². The first-order chi connectivity index (χ1) is 10.6. The van der Waals surface area contributed by atoms with Gasteiger partial charge in [-0.2, -0.15) is 0 Å². The second-order valence-electron chi connectivity index (χ2n) is 6.23. The number of allylic oxidation sites excluding steroid dienone is 4. The molecule has 114 valence electrons. The smallest absolute Gasteiger partial charge is 0.127 e. The highest BCUT2D eigenvalue weighted by atomic mass is 16.3. The largest absolute Gasteiger partial charge is 0.507 e. The molecule has 0 fully saturated rings. The van der Waals surface area contributed by atoms with Gasteiger partial charge in [-0.05, 0) is 33.1 Å². The Morgan fingerprint density at radius 2 is 1.82 bits per heavy atom. The Hall–Kier alpha value is -2.22. The number of fused-ring (bicyclic) bond motifs is 2. The molecule has 0 bridgehead atoms. The van der Waals surface area contributed by atoms with Crippen LogP contribution in [0.1, 0.15) is 43.7 Å². The van der Waals surface area contributed by atoms with Crippen molar-refractivity contribution < 1.29 is 10.2 Å². The van der Waals surface area contributed by atoms with Gasteiger partial charge < -0.3 is 10.2 Å². The molecule has 2 nitrogen and oxygen atoms in total. The lowest BCUT2D eigenvalue weighted by atomic mass is 9.82. The number of rotatable bonds is 3. The predicted octanol–water partition coefficient (Wildman–Crippen LogP) is 5.19. The zero-order valence-electron chi connectivity index (χ0n) is 13.1. The molecular weight excluding hydrogens is 272 g/mol. The molecule has 0 spiro atoms. The molecule has 22 heavy (non-hydrogen) atoms. The second kappa shape index (κ2) is 5.88. The lowest BCUT2D eigenvalue weighted by Gasteiger charge is -2.24. The summed E-state index contributed by atoms with van der Waals surface area (Å²) in [6, 6.07) is 7.51. The maximum Gasteiger partial charge on any atom is 0.127 e. The molecule has 1 aliphatic carbocycles. The highest BCUT2D eigenvalue weighted by molar-refractivity contribution is 5.96. The highest BCUT2D eigenvalue weighted by Gasteiger charge is 2.25. The van der Waals surface area contributed by atoms with E-state index in [1.54, 1.807) is 0 Å². The summed E-state index contributed by atoms with van der Waals surface area (Å²) < 4.78 is 0. The van der Waals surface area contributed by atoms with Crippen LogP contribution in [0.4, 0.5) is 0 Å². The molecule has 1 aliphatic rings. The Labute approximate surface area is 131 Å². The third kappa shape index (κ3) is 2.50. The van der Waals surface area contributed by atoms with Crippen LogP contribution in [0.2, 0.25) is 0 Å². The maximum absolute atomic E-state index is 10.7. The van der Waals surface area contributed by atoms with Gasteiger partial charge in [-0.3, -0.25) is 0 Å². The molecule has 0 heterocycles. The first-order valence-electron chi connectivity index (χ1n) is 7.85. The Kier molecular flexibility index (Phi) is 3.93. The van der Waals surface area contributed by atoms with Gasteiger partial charge in [0.25, 0.3) is 0 Å². The van der Waals surface area contributed by atoms with Crippen LogP contribution >= 0.6 is 0 Å². The van der Waals surface area contributed by atoms with Crippen molar-refractivity contribution in [1.82, 2.24) is 0 Å². The van der Waals surface area contributed by atoms with E-state index < -0.39 is 0 Å². The van der Waals surface area contributed by atoms with Gasteiger partial charge in [0.15, 0.2) is 0 Å². The normalized spacial score (nSPS) is 16.5. The summed E-state index contributed by atoms with van der Waals surface area (Å²) in [5.74, 6) is 0.810. The lowest BCUT2D eigenvalue weighted by Crippen LogP contribution is -2.06. The fourth-order valence-electron chi connectivity index (χ4n) is 3.32. The summed E-state index contributed by atoms with van der Waals surface area (Å²) >= 11 is 0. The van der Waals surface area contributed by atoms with Crippen molar-refractivity contribution in [3.05, 3.63) is 59.2 Å². The van der Waals surface area contributed by atoms with Gasteiger partial charge in [0.05, 0.1) is 0 Å². The summed E-state index contributed by atoms with van der Waals surface area (Å²) in [6.45, 7) is 4.20. The fraction of sp³-hybridized carbons (Fsp3) is 0.300. The van der Waals surface area contributed by atoms with Gasteiger partial charge in [-0.15, -0.1) is 0 Å². The van der Waals surface area contributed by atoms with Crippen molar-refractivity contribution >= 4 is 10.8 Å². The summed E-state index contributed by atoms with van der Waals surface area (Å²) in [5, 5.41) is 22.8. The topological polar surface area (TPSA) is 40.5 Å². The van der Waals surface area contributed by atoms with Gasteiger partial charge in [-0.25, -0.2) is 0 Å². The Morgan fingerprint density at radius 1 is 1.14 bits per heavy atom. The molecule has 0 aliphatic heterocycles. The van der Waals surface area contributed by atoms with E-state index in [4.69, 9.17) is 0 Å². The van der Waals surface area contributed by atoms with E-state index in [9.17, 15) is 10.2 Å². The highest BCUT2D eigenvalue weighted by Crippen LogP contribution is 2.46. The van der Waals surface area contributed by atoms with Crippen LogP contribution in [0.5, 0.6) is 11.5 Å². The van der Waals surface area contributed by atoms with Gasteiger partial charge in [-0.1, -0.05) is 48.1 Å². The molecule has 0 radical (unpaired) electrons. The minimum Gasteiger partial charge on any atom is -0.507 e. The number of hydrogen-bond donors (Lipinski definition) is 2. The second-order valence-corrected chi connectivity index (χ2v) is 6.23. The summed E-state index contributed by atoms with van der Waals surface area (Å²) in [4.78, 5) is 0. The Morgan fingerprint density at radius 3 is 2.50 bits per heavy atom. The summed E-state index contributed by atoms with van der Waals surface area (Å²) in [5.41, 5.74) is 3.09. The number of benzene rings is 2. The molecule has 1 atom stereocenters. The molecule has 1 unspecified atom stereocenters. The van der Waals surface area contributed by atoms with E-state index in [-0.39, 0.29) is 5.92 Å². The molecule has 0 aromatic heterocycles. The molecule has 0 saturated heterocycles. The van der Waals surface area contributed by atoms with Crippen LogP contribution in [0, 0.1) is 0 Å². The quantitative estimate of drug-likeness (QED) is 0.604. The molecule has 3 rings (SSSR count). The van der Waals surface area contributed by atoms with Crippen molar-refractivity contribution in [1.29, 1.82) is 0 Å². The molecule has 0 saturated carbocycles. The molecule has 2 heteroatoms. The molecule has 2 aromatic rings. The first-order valence-corrected chi connectivity index (χ1v) is 7.85. The van der Waals surface area contributed by atoms with Crippen LogP contribution in [0.15, 0.2) is 48.1 Å². The monoisotopic (exact) mass is 294 g/mol. The Balaban J connectivity index is 2.09. The van der Waals surface area contributed by atoms with Gasteiger partial charge in [0.1, 0.15) is 11.5 Å². The van der Waals surface area contributed by atoms with Crippen LogP contribution in [0.25, 0.3) is 10.8 Å². The van der Waals surface area contributed by atoms with E-state index in [2.05, 4.69) is 32.1 Å². The SMILES string of the molecule is CC(C)=CCCC1C=CCc2c1c(O)c1ccccc1c2O. The third-order valence-corrected chi connectivity index (χ3v) is 4.39. The third-order valence-electron chi connectivity index (χ3n) is 4.39. The first kappa shape index (κ1) is 14.7. The number of hydrogen-bond acceptors (Lipinski definition) is 2. The summed E-state index contributed by atoms with van der Waals surface area (Å²) in [6.07, 6.45) is 9.08. The predicted molar refractivity (Wildman–Crippen MR) is 91.5 cm³/mol. The fourth-order valence-corrected chi connectivity index (χ4v) is 3.32. The van der Waals surface area contributed by atoms with E-state index in [0.29, 0.717) is 17.9 Å². The van der Waals surface area contributed by atoms with E-state index in [1.165, 1.54) is 5.57 Å². The minimum absolute atomic E-state index is 0.162. The van der Waals surface area contributed by atoms with Crippen molar-refractivity contribution in [2.24, 2.45) is 0 Å². The maximum atomic E-state index is 10.7. The average Bonchev–Trinajstić information content (AvgIpc) is 2.52. The Bertz CT molecular complexity index is 765. The van der Waals surface area contributed by atoms with Gasteiger partial charge in [0, 0.05) is 27.8 Å². The van der Waals surface area contributed by atoms with E-state index in [1.807, 2.05) is 24.3 Å². The standard InChI is InChI=1S/C20H22O2/c1-13(2)7-5-8-14-9-6-12-17-18(14)20(22)16-11-4-3-10-15(16)19(17)21/h3-4,6-7,9-11,14,21-22H,5,8,12H2,1-2H3.